The van der Waals surface area contributed by atoms with Gasteiger partial charge in [0.2, 0.25) is 21.8 Å². The minimum Gasteiger partial charge on any atom is -0.497 e. The molecule has 1 N–H and O–H groups in total. The van der Waals surface area contributed by atoms with Gasteiger partial charge in [-0.1, -0.05) is 31.2 Å². The number of benzene rings is 2. The lowest BCUT2D eigenvalue weighted by Crippen LogP contribution is -2.53. The third-order valence-corrected chi connectivity index (χ3v) is 6.88. The van der Waals surface area contributed by atoms with E-state index >= 15 is 0 Å². The topological polar surface area (TPSA) is 105 Å². The zero-order valence-electron chi connectivity index (χ0n) is 22.1. The molecular weight excluding hydrogens is 482 g/mol. The summed E-state index contributed by atoms with van der Waals surface area (Å²) in [6, 6.07) is 11.4. The first-order valence-electron chi connectivity index (χ1n) is 11.8. The van der Waals surface area contributed by atoms with Crippen LogP contribution < -0.4 is 19.1 Å². The van der Waals surface area contributed by atoms with Crippen molar-refractivity contribution in [1.82, 2.24) is 10.2 Å². The number of anilines is 1. The number of hydrogen-bond donors (Lipinski definition) is 1. The van der Waals surface area contributed by atoms with Crippen LogP contribution in [0.4, 0.5) is 5.69 Å². The lowest BCUT2D eigenvalue weighted by molar-refractivity contribution is -0.140. The monoisotopic (exact) mass is 519 g/mol. The fourth-order valence-corrected chi connectivity index (χ4v) is 4.71. The predicted octanol–water partition coefficient (Wildman–Crippen LogP) is 3.11. The van der Waals surface area contributed by atoms with Gasteiger partial charge in [0.15, 0.2) is 0 Å². The Kier molecular flexibility index (Phi) is 10.2. The van der Waals surface area contributed by atoms with Crippen LogP contribution in [0.25, 0.3) is 0 Å². The van der Waals surface area contributed by atoms with E-state index in [0.717, 1.165) is 21.7 Å². The number of methoxy groups -OCH3 is 2. The average Bonchev–Trinajstić information content (AvgIpc) is 2.81. The Hall–Kier alpha value is -3.27. The highest BCUT2D eigenvalue weighted by Gasteiger charge is 2.33. The molecule has 0 bridgehead atoms. The van der Waals surface area contributed by atoms with Gasteiger partial charge in [-0.3, -0.25) is 13.9 Å². The predicted molar refractivity (Wildman–Crippen MR) is 141 cm³/mol. The number of carbonyl (C=O) groups is 2. The minimum absolute atomic E-state index is 0.113. The minimum atomic E-state index is -3.89. The fraction of sp³-hybridized carbons (Fsp3) is 0.462. The molecule has 36 heavy (non-hydrogen) atoms. The number of hydrogen-bond acceptors (Lipinski definition) is 6. The standard InChI is InChI=1S/C26H37N3O6S/c1-8-22(26(31)27-18(2)3)28(16-20-12-10-9-11-19(20)4)25(30)17-29(36(7,32)33)23-14-13-21(34-5)15-24(23)35-6/h9-15,18,22H,8,16-17H2,1-7H3,(H,27,31)/t22-/m0/s1. The Morgan fingerprint density at radius 3 is 2.25 bits per heavy atom. The molecule has 0 aliphatic heterocycles. The molecule has 1 atom stereocenters. The van der Waals surface area contributed by atoms with E-state index < -0.39 is 28.5 Å². The zero-order chi connectivity index (χ0) is 27.0. The van der Waals surface area contributed by atoms with Gasteiger partial charge in [-0.25, -0.2) is 8.42 Å². The summed E-state index contributed by atoms with van der Waals surface area (Å²) in [5.74, 6) is -0.0785. The second-order valence-corrected chi connectivity index (χ2v) is 10.7. The molecule has 0 unspecified atom stereocenters. The van der Waals surface area contributed by atoms with Crippen LogP contribution in [0, 0.1) is 6.92 Å². The number of nitrogens with one attached hydrogen (secondary N) is 1. The first-order valence-corrected chi connectivity index (χ1v) is 13.6. The van der Waals surface area contributed by atoms with Crippen molar-refractivity contribution in [2.45, 2.75) is 52.7 Å². The number of carbonyl (C=O) groups excluding carboxylic acids is 2. The van der Waals surface area contributed by atoms with Gasteiger partial charge < -0.3 is 19.7 Å². The summed E-state index contributed by atoms with van der Waals surface area (Å²) in [5.41, 5.74) is 2.03. The molecule has 0 saturated carbocycles. The normalized spacial score (nSPS) is 12.1. The first-order chi connectivity index (χ1) is 16.9. The summed E-state index contributed by atoms with van der Waals surface area (Å²) in [6.07, 6.45) is 1.39. The van der Waals surface area contributed by atoms with Crippen LogP contribution in [-0.2, 0) is 26.2 Å². The largest absolute Gasteiger partial charge is 0.497 e. The Morgan fingerprint density at radius 1 is 1.06 bits per heavy atom. The quantitative estimate of drug-likeness (QED) is 0.462. The molecular formula is C26H37N3O6S. The molecule has 0 radical (unpaired) electrons. The summed E-state index contributed by atoms with van der Waals surface area (Å²) in [6.45, 7) is 7.10. The van der Waals surface area contributed by atoms with E-state index in [1.54, 1.807) is 12.1 Å². The number of sulfonamides is 1. The molecule has 0 heterocycles. The van der Waals surface area contributed by atoms with Crippen molar-refractivity contribution >= 4 is 27.5 Å². The third kappa shape index (κ3) is 7.36. The molecule has 2 aromatic carbocycles. The van der Waals surface area contributed by atoms with Gasteiger partial charge in [-0.15, -0.1) is 0 Å². The molecule has 0 aromatic heterocycles. The van der Waals surface area contributed by atoms with Crippen LogP contribution in [0.3, 0.4) is 0 Å². The highest BCUT2D eigenvalue weighted by molar-refractivity contribution is 7.92. The molecule has 0 fully saturated rings. The second kappa shape index (κ2) is 12.6. The lowest BCUT2D eigenvalue weighted by Gasteiger charge is -2.33. The molecule has 10 heteroatoms. The Balaban J connectivity index is 2.53. The smallest absolute Gasteiger partial charge is 0.244 e. The van der Waals surface area contributed by atoms with E-state index in [4.69, 9.17) is 9.47 Å². The van der Waals surface area contributed by atoms with Gasteiger partial charge in [0.1, 0.15) is 24.1 Å². The molecule has 0 aliphatic carbocycles. The summed E-state index contributed by atoms with van der Waals surface area (Å²) in [4.78, 5) is 28.3. The fourth-order valence-electron chi connectivity index (χ4n) is 3.86. The van der Waals surface area contributed by atoms with Crippen LogP contribution in [0.1, 0.15) is 38.3 Å². The van der Waals surface area contributed by atoms with E-state index in [1.165, 1.54) is 25.2 Å². The van der Waals surface area contributed by atoms with E-state index in [2.05, 4.69) is 5.32 Å². The summed E-state index contributed by atoms with van der Waals surface area (Å²) in [7, 11) is -0.987. The number of nitrogens with zero attached hydrogens (tertiary/aromatic N) is 2. The highest BCUT2D eigenvalue weighted by atomic mass is 32.2. The lowest BCUT2D eigenvalue weighted by atomic mass is 10.1. The maximum absolute atomic E-state index is 13.8. The molecule has 198 valence electrons. The zero-order valence-corrected chi connectivity index (χ0v) is 22.9. The van der Waals surface area contributed by atoms with E-state index in [9.17, 15) is 18.0 Å². The summed E-state index contributed by atoms with van der Waals surface area (Å²) >= 11 is 0. The molecule has 0 spiro atoms. The van der Waals surface area contributed by atoms with Crippen molar-refractivity contribution in [2.24, 2.45) is 0 Å². The molecule has 0 aliphatic rings. The second-order valence-electron chi connectivity index (χ2n) is 8.84. The van der Waals surface area contributed by atoms with Crippen molar-refractivity contribution in [3.8, 4) is 11.5 Å². The van der Waals surface area contributed by atoms with Gasteiger partial charge in [0.25, 0.3) is 0 Å². The van der Waals surface area contributed by atoms with Crippen molar-refractivity contribution in [3.05, 3.63) is 53.6 Å². The highest BCUT2D eigenvalue weighted by Crippen LogP contribution is 2.33. The van der Waals surface area contributed by atoms with Gasteiger partial charge in [0.05, 0.1) is 26.2 Å². The SMILES string of the molecule is CC[C@@H](C(=O)NC(C)C)N(Cc1ccccc1C)C(=O)CN(c1ccc(OC)cc1OC)S(C)(=O)=O. The van der Waals surface area contributed by atoms with E-state index in [1.807, 2.05) is 52.0 Å². The molecule has 2 aromatic rings. The Bertz CT molecular complexity index is 1170. The van der Waals surface area contributed by atoms with Gasteiger partial charge in [-0.2, -0.15) is 0 Å². The van der Waals surface area contributed by atoms with Gasteiger partial charge in [0, 0.05) is 18.7 Å². The maximum Gasteiger partial charge on any atom is 0.244 e. The summed E-state index contributed by atoms with van der Waals surface area (Å²) in [5, 5.41) is 2.88. The number of rotatable bonds is 12. The molecule has 9 nitrogen and oxygen atoms in total. The van der Waals surface area contributed by atoms with Crippen molar-refractivity contribution < 1.29 is 27.5 Å². The van der Waals surface area contributed by atoms with Crippen molar-refractivity contribution in [1.29, 1.82) is 0 Å². The Morgan fingerprint density at radius 2 is 1.72 bits per heavy atom. The van der Waals surface area contributed by atoms with Crippen LogP contribution in [0.15, 0.2) is 42.5 Å². The van der Waals surface area contributed by atoms with Crippen LogP contribution in [0.5, 0.6) is 11.5 Å². The molecule has 2 amide bonds. The van der Waals surface area contributed by atoms with Gasteiger partial charge in [-0.05, 0) is 50.5 Å². The van der Waals surface area contributed by atoms with Crippen molar-refractivity contribution in [3.63, 3.8) is 0 Å². The number of amides is 2. The average molecular weight is 520 g/mol. The Labute approximate surface area is 214 Å². The van der Waals surface area contributed by atoms with E-state index in [-0.39, 0.29) is 29.9 Å². The third-order valence-electron chi connectivity index (χ3n) is 5.75. The maximum atomic E-state index is 13.8. The number of aryl methyl sites for hydroxylation is 1. The van der Waals surface area contributed by atoms with Crippen LogP contribution in [0.2, 0.25) is 0 Å². The van der Waals surface area contributed by atoms with Crippen LogP contribution >= 0.6 is 0 Å². The number of ether oxygens (including phenoxy) is 2. The first kappa shape index (κ1) is 29.0. The molecule has 0 saturated heterocycles. The van der Waals surface area contributed by atoms with Crippen LogP contribution in [-0.4, -0.2) is 64.2 Å². The van der Waals surface area contributed by atoms with Crippen molar-refractivity contribution in [2.75, 3.05) is 31.3 Å². The van der Waals surface area contributed by atoms with Gasteiger partial charge >= 0.3 is 0 Å². The summed E-state index contributed by atoms with van der Waals surface area (Å²) < 4.78 is 37.3. The molecule has 2 rings (SSSR count). The van der Waals surface area contributed by atoms with E-state index in [0.29, 0.717) is 12.2 Å².